The van der Waals surface area contributed by atoms with Gasteiger partial charge in [-0.3, -0.25) is 9.80 Å². The molecule has 21 heavy (non-hydrogen) atoms. The SMILES string of the molecule is OCC(O)CN1CCN([C@@H]2CCc3cc(Br)ccc32)CC1. The fourth-order valence-electron chi connectivity index (χ4n) is 3.56. The Hall–Kier alpha value is -0.460. The van der Waals surface area contributed by atoms with Crippen LogP contribution in [0.25, 0.3) is 0 Å². The lowest BCUT2D eigenvalue weighted by Crippen LogP contribution is -2.49. The number of piperazine rings is 1. The van der Waals surface area contributed by atoms with Gasteiger partial charge in [0.1, 0.15) is 0 Å². The second-order valence-electron chi connectivity index (χ2n) is 6.07. The molecule has 0 amide bonds. The molecule has 4 nitrogen and oxygen atoms in total. The summed E-state index contributed by atoms with van der Waals surface area (Å²) in [7, 11) is 0. The summed E-state index contributed by atoms with van der Waals surface area (Å²) in [5.74, 6) is 0. The first kappa shape index (κ1) is 15.4. The average Bonchev–Trinajstić information content (AvgIpc) is 2.90. The molecule has 0 saturated carbocycles. The Morgan fingerprint density at radius 2 is 2.00 bits per heavy atom. The lowest BCUT2D eigenvalue weighted by Gasteiger charge is -2.38. The van der Waals surface area contributed by atoms with Crippen LogP contribution >= 0.6 is 15.9 Å². The highest BCUT2D eigenvalue weighted by molar-refractivity contribution is 9.10. The zero-order valence-corrected chi connectivity index (χ0v) is 13.8. The number of hydrogen-bond donors (Lipinski definition) is 2. The topological polar surface area (TPSA) is 46.9 Å². The normalized spacial score (nSPS) is 25.0. The molecule has 1 aliphatic carbocycles. The second kappa shape index (κ2) is 6.75. The number of aliphatic hydroxyl groups is 2. The fraction of sp³-hybridized carbons (Fsp3) is 0.625. The molecule has 2 aliphatic rings. The Labute approximate surface area is 134 Å². The van der Waals surface area contributed by atoms with Crippen molar-refractivity contribution >= 4 is 15.9 Å². The highest BCUT2D eigenvalue weighted by atomic mass is 79.9. The Kier molecular flexibility index (Phi) is 4.96. The third-order valence-electron chi connectivity index (χ3n) is 4.68. The van der Waals surface area contributed by atoms with Gasteiger partial charge >= 0.3 is 0 Å². The maximum absolute atomic E-state index is 9.53. The maximum Gasteiger partial charge on any atom is 0.0897 e. The van der Waals surface area contributed by atoms with Crippen LogP contribution in [0.2, 0.25) is 0 Å². The molecule has 0 radical (unpaired) electrons. The van der Waals surface area contributed by atoms with Crippen molar-refractivity contribution in [2.75, 3.05) is 39.3 Å². The predicted octanol–water partition coefficient (Wildman–Crippen LogP) is 1.41. The van der Waals surface area contributed by atoms with E-state index in [1.165, 1.54) is 28.4 Å². The lowest BCUT2D eigenvalue weighted by atomic mass is 10.1. The molecule has 5 heteroatoms. The van der Waals surface area contributed by atoms with E-state index in [9.17, 15) is 5.11 Å². The van der Waals surface area contributed by atoms with Crippen LogP contribution < -0.4 is 0 Å². The first-order valence-electron chi connectivity index (χ1n) is 7.71. The van der Waals surface area contributed by atoms with Crippen molar-refractivity contribution in [1.29, 1.82) is 0 Å². The minimum Gasteiger partial charge on any atom is -0.394 e. The van der Waals surface area contributed by atoms with Crippen LogP contribution in [0, 0.1) is 0 Å². The van der Waals surface area contributed by atoms with Gasteiger partial charge in [0, 0.05) is 43.2 Å². The summed E-state index contributed by atoms with van der Waals surface area (Å²) in [6.45, 7) is 4.46. The van der Waals surface area contributed by atoms with Gasteiger partial charge < -0.3 is 10.2 Å². The zero-order valence-electron chi connectivity index (χ0n) is 12.2. The van der Waals surface area contributed by atoms with E-state index in [4.69, 9.17) is 5.11 Å². The van der Waals surface area contributed by atoms with E-state index < -0.39 is 6.10 Å². The van der Waals surface area contributed by atoms with Gasteiger partial charge in [0.05, 0.1) is 12.7 Å². The molecule has 1 heterocycles. The largest absolute Gasteiger partial charge is 0.394 e. The molecule has 0 aromatic heterocycles. The highest BCUT2D eigenvalue weighted by Crippen LogP contribution is 2.37. The smallest absolute Gasteiger partial charge is 0.0897 e. The standard InChI is InChI=1S/C16H23BrN2O2/c17-13-2-3-15-12(9-13)1-4-16(15)19-7-5-18(6-8-19)10-14(21)11-20/h2-3,9,14,16,20-21H,1,4-8,10-11H2/t14?,16-/m1/s1. The van der Waals surface area contributed by atoms with E-state index in [-0.39, 0.29) is 6.61 Å². The Balaban J connectivity index is 1.59. The summed E-state index contributed by atoms with van der Waals surface area (Å²) in [5, 5.41) is 18.5. The summed E-state index contributed by atoms with van der Waals surface area (Å²) in [4.78, 5) is 4.82. The van der Waals surface area contributed by atoms with E-state index in [0.717, 1.165) is 26.2 Å². The number of fused-ring (bicyclic) bond motifs is 1. The van der Waals surface area contributed by atoms with Crippen molar-refractivity contribution in [3.8, 4) is 0 Å². The number of halogens is 1. The van der Waals surface area contributed by atoms with Gasteiger partial charge in [-0.15, -0.1) is 0 Å². The Bertz CT molecular complexity index is 489. The van der Waals surface area contributed by atoms with Gasteiger partial charge in [-0.2, -0.15) is 0 Å². The molecular formula is C16H23BrN2O2. The van der Waals surface area contributed by atoms with E-state index in [2.05, 4.69) is 43.9 Å². The van der Waals surface area contributed by atoms with Crippen molar-refractivity contribution in [1.82, 2.24) is 9.80 Å². The van der Waals surface area contributed by atoms with Crippen LogP contribution in [0.15, 0.2) is 22.7 Å². The average molecular weight is 355 g/mol. The minimum absolute atomic E-state index is 0.148. The second-order valence-corrected chi connectivity index (χ2v) is 6.99. The van der Waals surface area contributed by atoms with Crippen molar-refractivity contribution in [2.45, 2.75) is 25.0 Å². The molecule has 0 bridgehead atoms. The molecule has 2 atom stereocenters. The summed E-state index contributed by atoms with van der Waals surface area (Å²) in [5.41, 5.74) is 2.97. The fourth-order valence-corrected chi connectivity index (χ4v) is 3.96. The molecule has 3 rings (SSSR count). The molecule has 1 aromatic carbocycles. The van der Waals surface area contributed by atoms with Gasteiger partial charge in [0.15, 0.2) is 0 Å². The number of β-amino-alcohol motifs (C(OH)–C–C–N with tert-alkyl or cyclic N) is 1. The third kappa shape index (κ3) is 3.48. The molecule has 1 aromatic rings. The van der Waals surface area contributed by atoms with Gasteiger partial charge in [0.25, 0.3) is 0 Å². The van der Waals surface area contributed by atoms with E-state index in [0.29, 0.717) is 12.6 Å². The lowest BCUT2D eigenvalue weighted by molar-refractivity contribution is 0.0309. The number of aryl methyl sites for hydroxylation is 1. The van der Waals surface area contributed by atoms with Crippen molar-refractivity contribution in [3.05, 3.63) is 33.8 Å². The molecule has 0 spiro atoms. The number of hydrogen-bond acceptors (Lipinski definition) is 4. The number of aliphatic hydroxyl groups excluding tert-OH is 2. The molecule has 116 valence electrons. The quantitative estimate of drug-likeness (QED) is 0.858. The first-order valence-corrected chi connectivity index (χ1v) is 8.50. The number of rotatable bonds is 4. The summed E-state index contributed by atoms with van der Waals surface area (Å²) < 4.78 is 1.17. The van der Waals surface area contributed by atoms with Gasteiger partial charge in [-0.25, -0.2) is 0 Å². The van der Waals surface area contributed by atoms with Crippen LogP contribution in [0.4, 0.5) is 0 Å². The van der Waals surface area contributed by atoms with Gasteiger partial charge in [-0.05, 0) is 36.1 Å². The zero-order chi connectivity index (χ0) is 14.8. The third-order valence-corrected chi connectivity index (χ3v) is 5.17. The summed E-state index contributed by atoms with van der Waals surface area (Å²) in [6, 6.07) is 7.21. The maximum atomic E-state index is 9.53. The Morgan fingerprint density at radius 1 is 1.24 bits per heavy atom. The van der Waals surface area contributed by atoms with E-state index >= 15 is 0 Å². The monoisotopic (exact) mass is 354 g/mol. The number of benzene rings is 1. The minimum atomic E-state index is -0.610. The summed E-state index contributed by atoms with van der Waals surface area (Å²) in [6.07, 6.45) is 1.77. The predicted molar refractivity (Wildman–Crippen MR) is 86.3 cm³/mol. The number of nitrogens with zero attached hydrogens (tertiary/aromatic N) is 2. The van der Waals surface area contributed by atoms with Crippen LogP contribution in [0.3, 0.4) is 0 Å². The van der Waals surface area contributed by atoms with E-state index in [1.807, 2.05) is 0 Å². The molecular weight excluding hydrogens is 332 g/mol. The molecule has 1 saturated heterocycles. The highest BCUT2D eigenvalue weighted by Gasteiger charge is 2.30. The van der Waals surface area contributed by atoms with Crippen LogP contribution in [0.5, 0.6) is 0 Å². The molecule has 1 unspecified atom stereocenters. The summed E-state index contributed by atoms with van der Waals surface area (Å²) >= 11 is 3.55. The molecule has 1 fully saturated rings. The van der Waals surface area contributed by atoms with Crippen LogP contribution in [0.1, 0.15) is 23.6 Å². The van der Waals surface area contributed by atoms with Crippen molar-refractivity contribution in [3.63, 3.8) is 0 Å². The van der Waals surface area contributed by atoms with Crippen molar-refractivity contribution < 1.29 is 10.2 Å². The van der Waals surface area contributed by atoms with Crippen LogP contribution in [-0.2, 0) is 6.42 Å². The first-order chi connectivity index (χ1) is 10.2. The van der Waals surface area contributed by atoms with Gasteiger partial charge in [-0.1, -0.05) is 22.0 Å². The molecule has 2 N–H and O–H groups in total. The van der Waals surface area contributed by atoms with E-state index in [1.54, 1.807) is 0 Å². The Morgan fingerprint density at radius 3 is 2.71 bits per heavy atom. The molecule has 1 aliphatic heterocycles. The van der Waals surface area contributed by atoms with Crippen molar-refractivity contribution in [2.24, 2.45) is 0 Å². The van der Waals surface area contributed by atoms with Crippen LogP contribution in [-0.4, -0.2) is 65.4 Å². The van der Waals surface area contributed by atoms with Gasteiger partial charge in [0.2, 0.25) is 0 Å².